The van der Waals surface area contributed by atoms with E-state index in [0.29, 0.717) is 12.4 Å². The van der Waals surface area contributed by atoms with Gasteiger partial charge in [0.15, 0.2) is 0 Å². The van der Waals surface area contributed by atoms with Gasteiger partial charge in [0.2, 0.25) is 0 Å². The zero-order chi connectivity index (χ0) is 13.7. The van der Waals surface area contributed by atoms with Crippen LogP contribution in [0.3, 0.4) is 0 Å². The summed E-state index contributed by atoms with van der Waals surface area (Å²) in [4.78, 5) is 14.8. The Bertz CT molecular complexity index is 530. The molecule has 0 bridgehead atoms. The zero-order valence-electron chi connectivity index (χ0n) is 11.0. The highest BCUT2D eigenvalue weighted by atomic mass is 32.1. The molecule has 0 aliphatic heterocycles. The lowest BCUT2D eigenvalue weighted by atomic mass is 10.4. The molecule has 0 aliphatic rings. The highest BCUT2D eigenvalue weighted by Crippen LogP contribution is 2.17. The SMILES string of the molecule is Cc1csc(CN(C)c2cc(NCCO)ncn2)n1. The second-order valence-corrected chi connectivity index (χ2v) is 5.09. The van der Waals surface area contributed by atoms with Crippen LogP contribution in [-0.4, -0.2) is 40.3 Å². The lowest BCUT2D eigenvalue weighted by molar-refractivity contribution is 0.311. The molecule has 2 heterocycles. The molecule has 2 aromatic heterocycles. The standard InChI is InChI=1S/C12H17N5OS/c1-9-7-19-12(16-9)6-17(2)11-5-10(13-3-4-18)14-8-15-11/h5,7-8,18H,3-4,6H2,1-2H3,(H,13,14,15). The number of aromatic nitrogens is 3. The van der Waals surface area contributed by atoms with Crippen LogP contribution < -0.4 is 10.2 Å². The van der Waals surface area contributed by atoms with E-state index in [-0.39, 0.29) is 6.61 Å². The number of anilines is 2. The lowest BCUT2D eigenvalue weighted by Gasteiger charge is -2.17. The van der Waals surface area contributed by atoms with Crippen molar-refractivity contribution in [1.82, 2.24) is 15.0 Å². The van der Waals surface area contributed by atoms with Gasteiger partial charge in [-0.15, -0.1) is 11.3 Å². The highest BCUT2D eigenvalue weighted by molar-refractivity contribution is 7.09. The summed E-state index contributed by atoms with van der Waals surface area (Å²) >= 11 is 1.65. The molecule has 2 rings (SSSR count). The average molecular weight is 279 g/mol. The number of thiazole rings is 1. The van der Waals surface area contributed by atoms with Crippen LogP contribution in [0, 0.1) is 6.92 Å². The van der Waals surface area contributed by atoms with Crippen molar-refractivity contribution in [2.45, 2.75) is 13.5 Å². The Labute approximate surface area is 116 Å². The molecule has 0 saturated heterocycles. The zero-order valence-corrected chi connectivity index (χ0v) is 11.8. The fraction of sp³-hybridized carbons (Fsp3) is 0.417. The molecule has 0 spiro atoms. The fourth-order valence-corrected chi connectivity index (χ4v) is 2.42. The molecule has 7 heteroatoms. The predicted octanol–water partition coefficient (Wildman–Crippen LogP) is 1.28. The molecule has 0 aliphatic carbocycles. The maximum Gasteiger partial charge on any atom is 0.134 e. The molecule has 2 N–H and O–H groups in total. The van der Waals surface area contributed by atoms with Crippen LogP contribution in [0.15, 0.2) is 17.8 Å². The Morgan fingerprint density at radius 3 is 2.95 bits per heavy atom. The van der Waals surface area contributed by atoms with E-state index in [2.05, 4.69) is 20.3 Å². The number of aliphatic hydroxyl groups excluding tert-OH is 1. The number of aryl methyl sites for hydroxylation is 1. The third-order valence-electron chi connectivity index (χ3n) is 2.50. The Kier molecular flexibility index (Phi) is 4.64. The molecule has 0 radical (unpaired) electrons. The van der Waals surface area contributed by atoms with E-state index in [1.165, 1.54) is 6.33 Å². The number of aliphatic hydroxyl groups is 1. The molecule has 0 amide bonds. The monoisotopic (exact) mass is 279 g/mol. The van der Waals surface area contributed by atoms with E-state index in [1.54, 1.807) is 11.3 Å². The summed E-state index contributed by atoms with van der Waals surface area (Å²) in [7, 11) is 1.97. The Morgan fingerprint density at radius 2 is 2.26 bits per heavy atom. The van der Waals surface area contributed by atoms with Gasteiger partial charge in [-0.25, -0.2) is 15.0 Å². The number of nitrogens with one attached hydrogen (secondary N) is 1. The van der Waals surface area contributed by atoms with Crippen molar-refractivity contribution in [2.75, 3.05) is 30.4 Å². The minimum absolute atomic E-state index is 0.0770. The van der Waals surface area contributed by atoms with E-state index in [1.807, 2.05) is 30.3 Å². The van der Waals surface area contributed by atoms with Crippen LogP contribution in [0.5, 0.6) is 0 Å². The lowest BCUT2D eigenvalue weighted by Crippen LogP contribution is -2.18. The first kappa shape index (κ1) is 13.7. The van der Waals surface area contributed by atoms with Crippen molar-refractivity contribution in [1.29, 1.82) is 0 Å². The van der Waals surface area contributed by atoms with Crippen LogP contribution in [-0.2, 0) is 6.54 Å². The predicted molar refractivity (Wildman–Crippen MR) is 76.6 cm³/mol. The first-order chi connectivity index (χ1) is 9.19. The van der Waals surface area contributed by atoms with Crippen LogP contribution >= 0.6 is 11.3 Å². The summed E-state index contributed by atoms with van der Waals surface area (Å²) in [6.07, 6.45) is 1.51. The molecule has 0 aromatic carbocycles. The molecule has 19 heavy (non-hydrogen) atoms. The fourth-order valence-electron chi connectivity index (χ4n) is 1.60. The minimum atomic E-state index is 0.0770. The summed E-state index contributed by atoms with van der Waals surface area (Å²) in [6, 6.07) is 1.86. The van der Waals surface area contributed by atoms with Gasteiger partial charge in [0.25, 0.3) is 0 Å². The van der Waals surface area contributed by atoms with Gasteiger partial charge in [-0.05, 0) is 6.92 Å². The second kappa shape index (κ2) is 6.44. The van der Waals surface area contributed by atoms with Crippen molar-refractivity contribution in [3.05, 3.63) is 28.5 Å². The summed E-state index contributed by atoms with van der Waals surface area (Å²) in [6.45, 7) is 3.26. The summed E-state index contributed by atoms with van der Waals surface area (Å²) in [5.41, 5.74) is 1.04. The molecular formula is C12H17N5OS. The molecule has 2 aromatic rings. The quantitative estimate of drug-likeness (QED) is 0.830. The van der Waals surface area contributed by atoms with Crippen molar-refractivity contribution >= 4 is 23.0 Å². The molecule has 102 valence electrons. The maximum absolute atomic E-state index is 8.78. The minimum Gasteiger partial charge on any atom is -0.395 e. The molecule has 0 unspecified atom stereocenters. The highest BCUT2D eigenvalue weighted by Gasteiger charge is 2.07. The van der Waals surface area contributed by atoms with Gasteiger partial charge in [0.1, 0.15) is 23.0 Å². The normalized spacial score (nSPS) is 10.5. The van der Waals surface area contributed by atoms with Crippen molar-refractivity contribution in [3.63, 3.8) is 0 Å². The number of hydrogen-bond acceptors (Lipinski definition) is 7. The Balaban J connectivity index is 2.03. The first-order valence-corrected chi connectivity index (χ1v) is 6.86. The van der Waals surface area contributed by atoms with E-state index >= 15 is 0 Å². The van der Waals surface area contributed by atoms with Crippen LogP contribution in [0.25, 0.3) is 0 Å². The number of hydrogen-bond donors (Lipinski definition) is 2. The second-order valence-electron chi connectivity index (χ2n) is 4.15. The van der Waals surface area contributed by atoms with Crippen LogP contribution in [0.4, 0.5) is 11.6 Å². The number of rotatable bonds is 6. The van der Waals surface area contributed by atoms with Gasteiger partial charge in [-0.3, -0.25) is 0 Å². The van der Waals surface area contributed by atoms with Crippen molar-refractivity contribution < 1.29 is 5.11 Å². The Morgan fingerprint density at radius 1 is 1.42 bits per heavy atom. The topological polar surface area (TPSA) is 74.2 Å². The molecular weight excluding hydrogens is 262 g/mol. The summed E-state index contributed by atoms with van der Waals surface area (Å²) in [5, 5.41) is 14.9. The van der Waals surface area contributed by atoms with Gasteiger partial charge in [0, 0.05) is 30.7 Å². The van der Waals surface area contributed by atoms with Crippen LogP contribution in [0.2, 0.25) is 0 Å². The van der Waals surface area contributed by atoms with Crippen molar-refractivity contribution in [2.24, 2.45) is 0 Å². The van der Waals surface area contributed by atoms with Crippen molar-refractivity contribution in [3.8, 4) is 0 Å². The van der Waals surface area contributed by atoms with Gasteiger partial charge in [-0.2, -0.15) is 0 Å². The maximum atomic E-state index is 8.78. The van der Waals surface area contributed by atoms with Crippen LogP contribution in [0.1, 0.15) is 10.7 Å². The average Bonchev–Trinajstić information content (AvgIpc) is 2.82. The van der Waals surface area contributed by atoms with Gasteiger partial charge < -0.3 is 15.3 Å². The summed E-state index contributed by atoms with van der Waals surface area (Å²) in [5.74, 6) is 1.53. The smallest absolute Gasteiger partial charge is 0.134 e. The third-order valence-corrected chi connectivity index (χ3v) is 3.45. The molecule has 0 atom stereocenters. The van der Waals surface area contributed by atoms with E-state index in [0.717, 1.165) is 23.1 Å². The third kappa shape index (κ3) is 3.87. The van der Waals surface area contributed by atoms with Gasteiger partial charge in [-0.1, -0.05) is 0 Å². The largest absolute Gasteiger partial charge is 0.395 e. The van der Waals surface area contributed by atoms with E-state index in [4.69, 9.17) is 5.11 Å². The first-order valence-electron chi connectivity index (χ1n) is 5.98. The molecule has 0 fully saturated rings. The van der Waals surface area contributed by atoms with E-state index in [9.17, 15) is 0 Å². The Hall–Kier alpha value is -1.73. The number of nitrogens with zero attached hydrogens (tertiary/aromatic N) is 4. The molecule has 0 saturated carbocycles. The van der Waals surface area contributed by atoms with E-state index < -0.39 is 0 Å². The molecule has 6 nitrogen and oxygen atoms in total. The van der Waals surface area contributed by atoms with Gasteiger partial charge in [0.05, 0.1) is 13.2 Å². The summed E-state index contributed by atoms with van der Waals surface area (Å²) < 4.78 is 0. The van der Waals surface area contributed by atoms with Gasteiger partial charge >= 0.3 is 0 Å².